The first kappa shape index (κ1) is 18.7. The average Bonchev–Trinajstić information content (AvgIpc) is 2.99. The lowest BCUT2D eigenvalue weighted by Crippen LogP contribution is -2.49. The van der Waals surface area contributed by atoms with Gasteiger partial charge in [-0.3, -0.25) is 9.59 Å². The number of carbonyl (C=O) groups excluding carboxylic acids is 2. The molecule has 2 atom stereocenters. The molecule has 0 aromatic heterocycles. The SMILES string of the molecule is COCCN1C(=O)[C@@H]2C[C@@H](CN2C(=O)CC(C)(C)C)Oc2ccccc21. The van der Waals surface area contributed by atoms with Gasteiger partial charge in [0.25, 0.3) is 0 Å². The van der Waals surface area contributed by atoms with Gasteiger partial charge in [-0.2, -0.15) is 0 Å². The summed E-state index contributed by atoms with van der Waals surface area (Å²) in [6.07, 6.45) is 0.791. The molecule has 0 spiro atoms. The number of fused-ring (bicyclic) bond motifs is 3. The monoisotopic (exact) mass is 360 g/mol. The Morgan fingerprint density at radius 1 is 1.31 bits per heavy atom. The zero-order chi connectivity index (χ0) is 18.9. The third-order valence-corrected chi connectivity index (χ3v) is 4.78. The summed E-state index contributed by atoms with van der Waals surface area (Å²) in [5.74, 6) is 0.646. The molecule has 2 aliphatic heterocycles. The van der Waals surface area contributed by atoms with Crippen LogP contribution in [0.3, 0.4) is 0 Å². The largest absolute Gasteiger partial charge is 0.486 e. The molecule has 1 saturated heterocycles. The number of likely N-dealkylation sites (tertiary alicyclic amines) is 1. The third-order valence-electron chi connectivity index (χ3n) is 4.78. The molecule has 2 heterocycles. The highest BCUT2D eigenvalue weighted by molar-refractivity contribution is 6.01. The predicted octanol–water partition coefficient (Wildman–Crippen LogP) is 2.46. The van der Waals surface area contributed by atoms with Gasteiger partial charge in [-0.25, -0.2) is 0 Å². The van der Waals surface area contributed by atoms with Crippen LogP contribution in [0.1, 0.15) is 33.6 Å². The fourth-order valence-electron chi connectivity index (χ4n) is 3.62. The number of benzene rings is 1. The van der Waals surface area contributed by atoms with E-state index in [0.717, 1.165) is 5.69 Å². The summed E-state index contributed by atoms with van der Waals surface area (Å²) in [5.41, 5.74) is 0.622. The molecular weight excluding hydrogens is 332 g/mol. The van der Waals surface area contributed by atoms with Crippen LogP contribution < -0.4 is 9.64 Å². The maximum absolute atomic E-state index is 13.3. The van der Waals surface area contributed by atoms with Crippen molar-refractivity contribution < 1.29 is 19.1 Å². The molecule has 0 saturated carbocycles. The van der Waals surface area contributed by atoms with Crippen LogP contribution >= 0.6 is 0 Å². The number of nitrogens with zero attached hydrogens (tertiary/aromatic N) is 2. The molecule has 1 aromatic rings. The van der Waals surface area contributed by atoms with Crippen molar-refractivity contribution in [1.29, 1.82) is 0 Å². The van der Waals surface area contributed by atoms with E-state index in [-0.39, 0.29) is 23.3 Å². The first-order chi connectivity index (χ1) is 12.3. The van der Waals surface area contributed by atoms with Crippen molar-refractivity contribution in [1.82, 2.24) is 4.90 Å². The van der Waals surface area contributed by atoms with Crippen LogP contribution in [-0.4, -0.2) is 55.7 Å². The lowest BCUT2D eigenvalue weighted by molar-refractivity contribution is -0.139. The maximum Gasteiger partial charge on any atom is 0.250 e. The molecule has 2 aliphatic rings. The van der Waals surface area contributed by atoms with Crippen molar-refractivity contribution in [3.05, 3.63) is 24.3 Å². The third kappa shape index (κ3) is 3.85. The first-order valence-electron chi connectivity index (χ1n) is 9.15. The van der Waals surface area contributed by atoms with Gasteiger partial charge >= 0.3 is 0 Å². The fourth-order valence-corrected chi connectivity index (χ4v) is 3.62. The summed E-state index contributed by atoms with van der Waals surface area (Å²) >= 11 is 0. The molecule has 6 nitrogen and oxygen atoms in total. The van der Waals surface area contributed by atoms with Crippen LogP contribution in [-0.2, 0) is 14.3 Å². The van der Waals surface area contributed by atoms with Crippen LogP contribution in [0.5, 0.6) is 5.75 Å². The smallest absolute Gasteiger partial charge is 0.250 e. The van der Waals surface area contributed by atoms with Crippen molar-refractivity contribution in [3.8, 4) is 5.75 Å². The number of methoxy groups -OCH3 is 1. The van der Waals surface area contributed by atoms with Gasteiger partial charge in [0, 0.05) is 26.5 Å². The van der Waals surface area contributed by atoms with E-state index in [1.165, 1.54) is 0 Å². The summed E-state index contributed by atoms with van der Waals surface area (Å²) in [4.78, 5) is 29.6. The zero-order valence-corrected chi connectivity index (χ0v) is 16.0. The molecule has 0 N–H and O–H groups in total. The minimum absolute atomic E-state index is 0.0135. The van der Waals surface area contributed by atoms with Gasteiger partial charge in [-0.05, 0) is 17.5 Å². The van der Waals surface area contributed by atoms with Gasteiger partial charge in [-0.15, -0.1) is 0 Å². The Labute approximate surface area is 155 Å². The molecule has 142 valence electrons. The van der Waals surface area contributed by atoms with E-state index in [9.17, 15) is 9.59 Å². The van der Waals surface area contributed by atoms with Crippen molar-refractivity contribution in [2.75, 3.05) is 31.7 Å². The molecule has 6 heteroatoms. The second-order valence-corrected chi connectivity index (χ2v) is 8.23. The zero-order valence-electron chi connectivity index (χ0n) is 16.0. The van der Waals surface area contributed by atoms with Gasteiger partial charge in [-0.1, -0.05) is 32.9 Å². The molecule has 3 rings (SSSR count). The summed E-state index contributed by atoms with van der Waals surface area (Å²) in [5, 5.41) is 0. The molecule has 0 radical (unpaired) electrons. The van der Waals surface area contributed by atoms with Crippen LogP contribution in [0, 0.1) is 5.41 Å². The van der Waals surface area contributed by atoms with E-state index in [1.807, 2.05) is 45.0 Å². The lowest BCUT2D eigenvalue weighted by atomic mass is 9.91. The van der Waals surface area contributed by atoms with Crippen LogP contribution in [0.25, 0.3) is 0 Å². The molecule has 1 fully saturated rings. The molecule has 0 unspecified atom stereocenters. The Kier molecular flexibility index (Phi) is 5.23. The van der Waals surface area contributed by atoms with E-state index in [4.69, 9.17) is 9.47 Å². The number of hydrogen-bond acceptors (Lipinski definition) is 4. The van der Waals surface area contributed by atoms with E-state index < -0.39 is 6.04 Å². The van der Waals surface area contributed by atoms with E-state index in [2.05, 4.69) is 0 Å². The fraction of sp³-hybridized carbons (Fsp3) is 0.600. The Morgan fingerprint density at radius 2 is 2.04 bits per heavy atom. The van der Waals surface area contributed by atoms with Crippen molar-refractivity contribution in [2.24, 2.45) is 5.41 Å². The summed E-state index contributed by atoms with van der Waals surface area (Å²) < 4.78 is 11.4. The Morgan fingerprint density at radius 3 is 2.73 bits per heavy atom. The summed E-state index contributed by atoms with van der Waals surface area (Å²) in [6, 6.07) is 7.08. The number of amides is 2. The van der Waals surface area contributed by atoms with Gasteiger partial charge in [0.15, 0.2) is 0 Å². The Bertz CT molecular complexity index is 683. The molecule has 2 bridgehead atoms. The second-order valence-electron chi connectivity index (χ2n) is 8.23. The number of ether oxygens (including phenoxy) is 2. The molecule has 0 aliphatic carbocycles. The van der Waals surface area contributed by atoms with E-state index in [1.54, 1.807) is 16.9 Å². The quantitative estimate of drug-likeness (QED) is 0.828. The standard InChI is InChI=1S/C20H28N2O4/c1-20(2,3)12-18(23)22-13-14-11-16(22)19(24)21(9-10-25-4)15-7-5-6-8-17(15)26-14/h5-8,14,16H,9-13H2,1-4H3/t14-,16-/m0/s1. The maximum atomic E-state index is 13.3. The topological polar surface area (TPSA) is 59.1 Å². The number of hydrogen-bond donors (Lipinski definition) is 0. The Hall–Kier alpha value is -2.08. The number of para-hydroxylation sites is 2. The number of rotatable bonds is 4. The molecular formula is C20H28N2O4. The predicted molar refractivity (Wildman–Crippen MR) is 99.3 cm³/mol. The van der Waals surface area contributed by atoms with Crippen molar-refractivity contribution in [2.45, 2.75) is 45.8 Å². The Balaban J connectivity index is 1.92. The minimum Gasteiger partial charge on any atom is -0.486 e. The molecule has 2 amide bonds. The molecule has 1 aromatic carbocycles. The lowest BCUT2D eigenvalue weighted by Gasteiger charge is -2.32. The number of carbonyl (C=O) groups is 2. The van der Waals surface area contributed by atoms with E-state index >= 15 is 0 Å². The van der Waals surface area contributed by atoms with Crippen molar-refractivity contribution in [3.63, 3.8) is 0 Å². The van der Waals surface area contributed by atoms with Gasteiger partial charge < -0.3 is 19.3 Å². The highest BCUT2D eigenvalue weighted by Gasteiger charge is 2.45. The summed E-state index contributed by atoms with van der Waals surface area (Å²) in [6.45, 7) is 7.40. The molecule has 26 heavy (non-hydrogen) atoms. The van der Waals surface area contributed by atoms with Gasteiger partial charge in [0.1, 0.15) is 17.9 Å². The normalized spacial score (nSPS) is 22.5. The van der Waals surface area contributed by atoms with Crippen LogP contribution in [0.15, 0.2) is 24.3 Å². The highest BCUT2D eigenvalue weighted by Crippen LogP contribution is 2.36. The van der Waals surface area contributed by atoms with Crippen LogP contribution in [0.4, 0.5) is 5.69 Å². The minimum atomic E-state index is -0.472. The van der Waals surface area contributed by atoms with Crippen LogP contribution in [0.2, 0.25) is 0 Å². The number of anilines is 1. The highest BCUT2D eigenvalue weighted by atomic mass is 16.5. The average molecular weight is 360 g/mol. The van der Waals surface area contributed by atoms with E-state index in [0.29, 0.717) is 38.3 Å². The second kappa shape index (κ2) is 7.27. The van der Waals surface area contributed by atoms with Crippen molar-refractivity contribution >= 4 is 17.5 Å². The summed E-state index contributed by atoms with van der Waals surface area (Å²) in [7, 11) is 1.61. The first-order valence-corrected chi connectivity index (χ1v) is 9.15. The van der Waals surface area contributed by atoms with Gasteiger partial charge in [0.05, 0.1) is 18.8 Å². The van der Waals surface area contributed by atoms with Gasteiger partial charge in [0.2, 0.25) is 11.8 Å².